The normalized spacial score (nSPS) is 20.1. The lowest BCUT2D eigenvalue weighted by molar-refractivity contribution is 0.1000. The van der Waals surface area contributed by atoms with Crippen LogP contribution in [0.1, 0.15) is 23.2 Å². The summed E-state index contributed by atoms with van der Waals surface area (Å²) in [6.07, 6.45) is 4.29. The molecule has 0 atom stereocenters. The number of piperazine rings is 1. The first-order chi connectivity index (χ1) is 10.7. The molecule has 0 unspecified atom stereocenters. The minimum Gasteiger partial charge on any atom is -0.365 e. The second-order valence-corrected chi connectivity index (χ2v) is 6.22. The van der Waals surface area contributed by atoms with Gasteiger partial charge in [0.2, 0.25) is 0 Å². The molecule has 0 aliphatic carbocycles. The van der Waals surface area contributed by atoms with Crippen LogP contribution in [0.5, 0.6) is 0 Å². The molecule has 0 saturated carbocycles. The van der Waals surface area contributed by atoms with Crippen molar-refractivity contribution in [3.05, 3.63) is 23.9 Å². The Kier molecular flexibility index (Phi) is 6.62. The number of piperidine rings is 1. The largest absolute Gasteiger partial charge is 0.365 e. The van der Waals surface area contributed by atoms with Crippen LogP contribution in [0.3, 0.4) is 0 Å². The second-order valence-electron chi connectivity index (χ2n) is 6.22. The molecule has 2 aliphatic rings. The minimum absolute atomic E-state index is 0. The van der Waals surface area contributed by atoms with Gasteiger partial charge in [-0.3, -0.25) is 9.69 Å². The highest BCUT2D eigenvalue weighted by Crippen LogP contribution is 2.20. The van der Waals surface area contributed by atoms with Crippen molar-refractivity contribution < 1.29 is 4.79 Å². The Bertz CT molecular complexity index is 513. The molecular formula is C16H26ClN5O. The van der Waals surface area contributed by atoms with Gasteiger partial charge in [-0.15, -0.1) is 12.4 Å². The number of nitrogens with one attached hydrogen (secondary N) is 1. The van der Waals surface area contributed by atoms with Gasteiger partial charge in [0.15, 0.2) is 0 Å². The molecular weight excluding hydrogens is 314 g/mol. The average molecular weight is 340 g/mol. The van der Waals surface area contributed by atoms with Crippen molar-refractivity contribution in [2.45, 2.75) is 12.8 Å². The van der Waals surface area contributed by atoms with E-state index >= 15 is 0 Å². The van der Waals surface area contributed by atoms with E-state index in [2.05, 4.69) is 20.1 Å². The molecule has 1 aromatic heterocycles. The van der Waals surface area contributed by atoms with Crippen molar-refractivity contribution in [2.75, 3.05) is 50.7 Å². The van der Waals surface area contributed by atoms with Gasteiger partial charge >= 0.3 is 0 Å². The number of aromatic nitrogens is 1. The van der Waals surface area contributed by atoms with Gasteiger partial charge in [-0.05, 0) is 44.0 Å². The van der Waals surface area contributed by atoms with E-state index in [4.69, 9.17) is 5.73 Å². The van der Waals surface area contributed by atoms with E-state index < -0.39 is 5.91 Å². The minimum atomic E-state index is -0.403. The van der Waals surface area contributed by atoms with Gasteiger partial charge in [-0.1, -0.05) is 0 Å². The van der Waals surface area contributed by atoms with Crippen molar-refractivity contribution in [1.82, 2.24) is 15.2 Å². The lowest BCUT2D eigenvalue weighted by atomic mass is 9.97. The zero-order chi connectivity index (χ0) is 15.4. The van der Waals surface area contributed by atoms with Gasteiger partial charge in [0.1, 0.15) is 5.82 Å². The van der Waals surface area contributed by atoms with E-state index in [0.29, 0.717) is 5.56 Å². The quantitative estimate of drug-likeness (QED) is 0.845. The lowest BCUT2D eigenvalue weighted by Gasteiger charge is -2.38. The van der Waals surface area contributed by atoms with E-state index in [-0.39, 0.29) is 12.4 Å². The molecule has 0 aromatic carbocycles. The Hall–Kier alpha value is -1.37. The predicted molar refractivity (Wildman–Crippen MR) is 94.2 cm³/mol. The summed E-state index contributed by atoms with van der Waals surface area (Å²) in [6.45, 7) is 7.36. The first-order valence-electron chi connectivity index (χ1n) is 8.17. The van der Waals surface area contributed by atoms with E-state index in [0.717, 1.165) is 51.0 Å². The maximum absolute atomic E-state index is 11.5. The number of hydrogen-bond donors (Lipinski definition) is 2. The summed E-state index contributed by atoms with van der Waals surface area (Å²) >= 11 is 0. The van der Waals surface area contributed by atoms with Crippen molar-refractivity contribution in [1.29, 1.82) is 0 Å². The van der Waals surface area contributed by atoms with E-state index in [9.17, 15) is 4.79 Å². The van der Waals surface area contributed by atoms with Crippen LogP contribution in [0.15, 0.2) is 18.3 Å². The number of nitrogens with two attached hydrogens (primary N) is 1. The molecule has 3 N–H and O–H groups in total. The van der Waals surface area contributed by atoms with Crippen molar-refractivity contribution in [2.24, 2.45) is 11.7 Å². The molecule has 128 valence electrons. The van der Waals surface area contributed by atoms with Gasteiger partial charge in [0, 0.05) is 38.9 Å². The fourth-order valence-electron chi connectivity index (χ4n) is 3.41. The summed E-state index contributed by atoms with van der Waals surface area (Å²) in [5.41, 5.74) is 5.97. The summed E-state index contributed by atoms with van der Waals surface area (Å²) in [5.74, 6) is 1.15. The van der Waals surface area contributed by atoms with Crippen LogP contribution in [0.25, 0.3) is 0 Å². The molecule has 3 heterocycles. The molecule has 2 aliphatic heterocycles. The summed E-state index contributed by atoms with van der Waals surface area (Å²) in [6, 6.07) is 3.52. The molecule has 23 heavy (non-hydrogen) atoms. The van der Waals surface area contributed by atoms with Gasteiger partial charge in [-0.2, -0.15) is 0 Å². The highest BCUT2D eigenvalue weighted by atomic mass is 35.5. The zero-order valence-corrected chi connectivity index (χ0v) is 14.2. The molecule has 7 heteroatoms. The molecule has 1 amide bonds. The number of halogens is 1. The fourth-order valence-corrected chi connectivity index (χ4v) is 3.41. The predicted octanol–water partition coefficient (Wildman–Crippen LogP) is 0.724. The number of pyridine rings is 1. The summed E-state index contributed by atoms with van der Waals surface area (Å²) < 4.78 is 0. The maximum Gasteiger partial charge on any atom is 0.252 e. The summed E-state index contributed by atoms with van der Waals surface area (Å²) in [4.78, 5) is 20.6. The number of amides is 1. The molecule has 2 fully saturated rings. The standard InChI is InChI=1S/C16H25N5O.ClH/c17-15(22)14-2-1-5-19-16(14)21-10-8-20(9-11-21)12-13-3-6-18-7-4-13;/h1-2,5,13,18H,3-4,6-12H2,(H2,17,22);1H. The topological polar surface area (TPSA) is 74.5 Å². The molecule has 3 rings (SSSR count). The monoisotopic (exact) mass is 339 g/mol. The molecule has 0 radical (unpaired) electrons. The highest BCUT2D eigenvalue weighted by Gasteiger charge is 2.24. The van der Waals surface area contributed by atoms with Gasteiger partial charge in [-0.25, -0.2) is 4.98 Å². The number of carbonyl (C=O) groups is 1. The average Bonchev–Trinajstić information content (AvgIpc) is 2.56. The number of hydrogen-bond acceptors (Lipinski definition) is 5. The summed E-state index contributed by atoms with van der Waals surface area (Å²) in [7, 11) is 0. The highest BCUT2D eigenvalue weighted by molar-refractivity contribution is 5.97. The van der Waals surface area contributed by atoms with Crippen LogP contribution in [-0.2, 0) is 0 Å². The third-order valence-electron chi connectivity index (χ3n) is 4.70. The number of carbonyl (C=O) groups excluding carboxylic acids is 1. The Labute approximate surface area is 143 Å². The molecule has 6 nitrogen and oxygen atoms in total. The van der Waals surface area contributed by atoms with Crippen LogP contribution >= 0.6 is 12.4 Å². The number of primary amides is 1. The number of nitrogens with zero attached hydrogens (tertiary/aromatic N) is 3. The number of anilines is 1. The van der Waals surface area contributed by atoms with Crippen molar-refractivity contribution in [3.63, 3.8) is 0 Å². The van der Waals surface area contributed by atoms with Crippen LogP contribution in [0.4, 0.5) is 5.82 Å². The second kappa shape index (κ2) is 8.47. The van der Waals surface area contributed by atoms with Crippen molar-refractivity contribution >= 4 is 24.1 Å². The van der Waals surface area contributed by atoms with Crippen LogP contribution in [0.2, 0.25) is 0 Å². The molecule has 0 bridgehead atoms. The molecule has 0 spiro atoms. The molecule has 1 aromatic rings. The summed E-state index contributed by atoms with van der Waals surface area (Å²) in [5, 5.41) is 3.42. The van der Waals surface area contributed by atoms with Crippen molar-refractivity contribution in [3.8, 4) is 0 Å². The third kappa shape index (κ3) is 4.56. The first-order valence-corrected chi connectivity index (χ1v) is 8.17. The number of rotatable bonds is 4. The van der Waals surface area contributed by atoms with E-state index in [1.54, 1.807) is 18.3 Å². The smallest absolute Gasteiger partial charge is 0.252 e. The molecule has 2 saturated heterocycles. The van der Waals surface area contributed by atoms with Crippen LogP contribution in [-0.4, -0.2) is 61.6 Å². The lowest BCUT2D eigenvalue weighted by Crippen LogP contribution is -2.49. The first kappa shape index (κ1) is 18.0. The Balaban J connectivity index is 0.00000192. The Morgan fingerprint density at radius 2 is 1.96 bits per heavy atom. The Morgan fingerprint density at radius 3 is 2.61 bits per heavy atom. The van der Waals surface area contributed by atoms with Gasteiger partial charge in [0.25, 0.3) is 5.91 Å². The zero-order valence-electron chi connectivity index (χ0n) is 13.4. The third-order valence-corrected chi connectivity index (χ3v) is 4.70. The SMILES string of the molecule is Cl.NC(=O)c1cccnc1N1CCN(CC2CCNCC2)CC1. The van der Waals surface area contributed by atoms with Gasteiger partial charge < -0.3 is 16.0 Å². The van der Waals surface area contributed by atoms with Crippen LogP contribution in [0, 0.1) is 5.92 Å². The van der Waals surface area contributed by atoms with E-state index in [1.165, 1.54) is 19.4 Å². The fraction of sp³-hybridized carbons (Fsp3) is 0.625. The maximum atomic E-state index is 11.5. The van der Waals surface area contributed by atoms with E-state index in [1.807, 2.05) is 0 Å². The van der Waals surface area contributed by atoms with Gasteiger partial charge in [0.05, 0.1) is 5.56 Å². The van der Waals surface area contributed by atoms with Crippen LogP contribution < -0.4 is 16.0 Å². The Morgan fingerprint density at radius 1 is 1.26 bits per heavy atom.